The summed E-state index contributed by atoms with van der Waals surface area (Å²) in [6.45, 7) is 3.59. The highest BCUT2D eigenvalue weighted by molar-refractivity contribution is 7.47. The topological polar surface area (TPSA) is 134 Å². The van der Waals surface area contributed by atoms with E-state index in [1.54, 1.807) is 0 Å². The van der Waals surface area contributed by atoms with Crippen molar-refractivity contribution in [1.82, 2.24) is 0 Å². The molecule has 0 saturated carbocycles. The molecule has 0 aromatic rings. The van der Waals surface area contributed by atoms with Crippen LogP contribution in [0.2, 0.25) is 0 Å². The van der Waals surface area contributed by atoms with Gasteiger partial charge in [0.1, 0.15) is 6.61 Å². The first kappa shape index (κ1) is 65.7. The highest BCUT2D eigenvalue weighted by Gasteiger charge is 2.26. The van der Waals surface area contributed by atoms with Gasteiger partial charge in [-0.2, -0.15) is 0 Å². The van der Waals surface area contributed by atoms with E-state index >= 15 is 0 Å². The molecule has 0 rings (SSSR count). The summed E-state index contributed by atoms with van der Waals surface area (Å²) in [5, 5.41) is 0. The summed E-state index contributed by atoms with van der Waals surface area (Å²) < 4.78 is 32.9. The molecule has 2 atom stereocenters. The van der Waals surface area contributed by atoms with E-state index in [4.69, 9.17) is 24.3 Å². The van der Waals surface area contributed by atoms with E-state index in [0.29, 0.717) is 6.42 Å². The molecule has 0 saturated heterocycles. The Morgan fingerprint density at radius 1 is 0.449 bits per heavy atom. The molecule has 0 spiro atoms. The van der Waals surface area contributed by atoms with Gasteiger partial charge < -0.3 is 20.1 Å². The fourth-order valence-electron chi connectivity index (χ4n) is 7.12. The minimum Gasteiger partial charge on any atom is -0.462 e. The first-order chi connectivity index (χ1) is 33.8. The van der Waals surface area contributed by atoms with Gasteiger partial charge in [-0.05, 0) is 103 Å². The molecule has 0 heterocycles. The first-order valence-electron chi connectivity index (χ1n) is 27.4. The Labute approximate surface area is 422 Å². The quantitative estimate of drug-likeness (QED) is 0.0264. The second kappa shape index (κ2) is 54.0. The molecule has 2 unspecified atom stereocenters. The van der Waals surface area contributed by atoms with Gasteiger partial charge in [0.15, 0.2) is 6.10 Å². The average Bonchev–Trinajstić information content (AvgIpc) is 3.34. The third kappa shape index (κ3) is 53.9. The summed E-state index contributed by atoms with van der Waals surface area (Å²) in [7, 11) is -4.39. The second-order valence-corrected chi connectivity index (χ2v) is 19.2. The molecule has 0 aliphatic heterocycles. The molecule has 0 fully saturated rings. The lowest BCUT2D eigenvalue weighted by Gasteiger charge is -2.19. The first-order valence-corrected chi connectivity index (χ1v) is 28.9. The normalized spacial score (nSPS) is 14.0. The summed E-state index contributed by atoms with van der Waals surface area (Å²) in [6.07, 6.45) is 72.8. The molecule has 0 aliphatic carbocycles. The van der Waals surface area contributed by atoms with Crippen LogP contribution < -0.4 is 5.73 Å². The minimum atomic E-state index is -4.39. The predicted octanol–water partition coefficient (Wildman–Crippen LogP) is 17.1. The zero-order valence-electron chi connectivity index (χ0n) is 43.8. The number of allylic oxidation sites excluding steroid dienone is 18. The number of unbranched alkanes of at least 4 members (excludes halogenated alkanes) is 19. The van der Waals surface area contributed by atoms with Crippen LogP contribution in [0.3, 0.4) is 0 Å². The maximum Gasteiger partial charge on any atom is 0.472 e. The Balaban J connectivity index is 4.04. The number of rotatable bonds is 50. The van der Waals surface area contributed by atoms with Crippen LogP contribution in [0.4, 0.5) is 0 Å². The number of hydrogen-bond acceptors (Lipinski definition) is 8. The highest BCUT2D eigenvalue weighted by atomic mass is 31.2. The molecule has 0 amide bonds. The summed E-state index contributed by atoms with van der Waals surface area (Å²) in [6, 6.07) is 0. The van der Waals surface area contributed by atoms with Gasteiger partial charge >= 0.3 is 19.8 Å². The Morgan fingerprint density at radius 2 is 0.797 bits per heavy atom. The van der Waals surface area contributed by atoms with E-state index in [2.05, 4.69) is 123 Å². The van der Waals surface area contributed by atoms with E-state index < -0.39 is 32.5 Å². The lowest BCUT2D eigenvalue weighted by molar-refractivity contribution is -0.161. The van der Waals surface area contributed by atoms with Gasteiger partial charge in [-0.15, -0.1) is 0 Å². The van der Waals surface area contributed by atoms with Gasteiger partial charge in [-0.3, -0.25) is 18.6 Å². The SMILES string of the molecule is CC/C=C\C/C=C\C/C=C\C/C=C\C/C=C\C/C=C\C/C=C\C/C=C\CCCCCCCCCCC(=O)OC(COC(=O)CCCCCCC/C=C\CCCCCCCC)COP(=O)(O)OCCN. The van der Waals surface area contributed by atoms with Crippen LogP contribution in [-0.2, 0) is 32.7 Å². The van der Waals surface area contributed by atoms with Crippen molar-refractivity contribution in [2.75, 3.05) is 26.4 Å². The number of esters is 2. The number of hydrogen-bond donors (Lipinski definition) is 2. The third-order valence-electron chi connectivity index (χ3n) is 11.1. The van der Waals surface area contributed by atoms with Crippen molar-refractivity contribution in [3.63, 3.8) is 0 Å². The Hall–Kier alpha value is -3.33. The monoisotopic (exact) mass is 982 g/mol. The van der Waals surface area contributed by atoms with Gasteiger partial charge in [0.2, 0.25) is 0 Å². The summed E-state index contributed by atoms with van der Waals surface area (Å²) in [5.41, 5.74) is 5.37. The molecular weight excluding hydrogens is 882 g/mol. The van der Waals surface area contributed by atoms with Crippen molar-refractivity contribution in [2.24, 2.45) is 5.73 Å². The number of phosphoric acid groups is 1. The Morgan fingerprint density at radius 3 is 1.20 bits per heavy atom. The van der Waals surface area contributed by atoms with Gasteiger partial charge in [0, 0.05) is 19.4 Å². The largest absolute Gasteiger partial charge is 0.472 e. The van der Waals surface area contributed by atoms with Gasteiger partial charge in [-0.25, -0.2) is 4.57 Å². The lowest BCUT2D eigenvalue weighted by atomic mass is 10.1. The molecule has 394 valence electrons. The molecule has 0 aromatic heterocycles. The van der Waals surface area contributed by atoms with E-state index in [1.165, 1.54) is 70.6 Å². The molecular formula is C59H100NO8P. The van der Waals surface area contributed by atoms with Crippen LogP contribution in [0.25, 0.3) is 0 Å². The molecule has 10 heteroatoms. The average molecular weight is 982 g/mol. The number of ether oxygens (including phenoxy) is 2. The van der Waals surface area contributed by atoms with Crippen molar-refractivity contribution in [3.8, 4) is 0 Å². The molecule has 0 aromatic carbocycles. The fourth-order valence-corrected chi connectivity index (χ4v) is 7.88. The maximum atomic E-state index is 12.7. The van der Waals surface area contributed by atoms with Gasteiger partial charge in [0.25, 0.3) is 0 Å². The van der Waals surface area contributed by atoms with Crippen LogP contribution >= 0.6 is 7.82 Å². The van der Waals surface area contributed by atoms with Crippen molar-refractivity contribution in [2.45, 2.75) is 225 Å². The molecule has 0 radical (unpaired) electrons. The van der Waals surface area contributed by atoms with Crippen molar-refractivity contribution in [3.05, 3.63) is 109 Å². The molecule has 3 N–H and O–H groups in total. The zero-order chi connectivity index (χ0) is 50.2. The summed E-state index contributed by atoms with van der Waals surface area (Å²) >= 11 is 0. The van der Waals surface area contributed by atoms with E-state index in [9.17, 15) is 19.0 Å². The van der Waals surface area contributed by atoms with Gasteiger partial charge in [0.05, 0.1) is 13.2 Å². The maximum absolute atomic E-state index is 12.7. The Kier molecular flexibility index (Phi) is 51.4. The molecule has 0 aliphatic rings. The number of nitrogens with two attached hydrogens (primary N) is 1. The number of phosphoric ester groups is 1. The van der Waals surface area contributed by atoms with Crippen LogP contribution in [0, 0.1) is 0 Å². The summed E-state index contributed by atoms with van der Waals surface area (Å²) in [4.78, 5) is 35.1. The predicted molar refractivity (Wildman–Crippen MR) is 293 cm³/mol. The van der Waals surface area contributed by atoms with E-state index in [-0.39, 0.29) is 32.6 Å². The molecule has 9 nitrogen and oxygen atoms in total. The standard InChI is InChI=1S/C59H100NO8P/c1-3-5-7-9-11-13-15-17-19-20-21-22-23-24-25-26-27-28-29-30-31-32-33-34-35-36-38-40-42-44-46-48-50-52-59(62)68-57(56-67-69(63,64)66-54-53-60)55-65-58(61)51-49-47-45-43-41-39-37-18-16-14-12-10-8-6-4-2/h5,7,11,13,17-19,21-22,24-25,27-28,30-31,33-34,37,57H,3-4,6,8-10,12,14-16,20,23,26,29,32,35-36,38-56,60H2,1-2H3,(H,63,64)/b7-5-,13-11-,19-17-,22-21-,25-24-,28-27-,31-30-,34-33-,37-18-. The summed E-state index contributed by atoms with van der Waals surface area (Å²) in [5.74, 6) is -0.853. The molecule has 0 bridgehead atoms. The lowest BCUT2D eigenvalue weighted by Crippen LogP contribution is -2.29. The highest BCUT2D eigenvalue weighted by Crippen LogP contribution is 2.43. The zero-order valence-corrected chi connectivity index (χ0v) is 44.6. The third-order valence-corrected chi connectivity index (χ3v) is 12.1. The van der Waals surface area contributed by atoms with E-state index in [1.807, 2.05) is 0 Å². The Bertz CT molecular complexity index is 1490. The number of carbonyl (C=O) groups is 2. The van der Waals surface area contributed by atoms with Crippen molar-refractivity contribution < 1.29 is 37.6 Å². The number of carbonyl (C=O) groups excluding carboxylic acids is 2. The smallest absolute Gasteiger partial charge is 0.462 e. The van der Waals surface area contributed by atoms with E-state index in [0.717, 1.165) is 116 Å². The second-order valence-electron chi connectivity index (χ2n) is 17.7. The molecule has 69 heavy (non-hydrogen) atoms. The van der Waals surface area contributed by atoms with Crippen molar-refractivity contribution in [1.29, 1.82) is 0 Å². The minimum absolute atomic E-state index is 0.0458. The van der Waals surface area contributed by atoms with Crippen LogP contribution in [0.1, 0.15) is 219 Å². The van der Waals surface area contributed by atoms with Crippen LogP contribution in [0.15, 0.2) is 109 Å². The van der Waals surface area contributed by atoms with Crippen LogP contribution in [0.5, 0.6) is 0 Å². The van der Waals surface area contributed by atoms with Crippen LogP contribution in [-0.4, -0.2) is 49.3 Å². The van der Waals surface area contributed by atoms with Gasteiger partial charge in [-0.1, -0.05) is 213 Å². The fraction of sp³-hybridized carbons (Fsp3) is 0.661. The van der Waals surface area contributed by atoms with Crippen molar-refractivity contribution >= 4 is 19.8 Å².